The maximum absolute atomic E-state index is 12.4. The number of thioether (sulfide) groups is 1. The average molecular weight is 276 g/mol. The molecule has 0 aliphatic heterocycles. The normalized spacial score (nSPS) is 9.05. The third-order valence-electron chi connectivity index (χ3n) is 1.95. The van der Waals surface area contributed by atoms with Gasteiger partial charge in [-0.25, -0.2) is 0 Å². The van der Waals surface area contributed by atoms with Gasteiger partial charge in [-0.3, -0.25) is 0 Å². The van der Waals surface area contributed by atoms with E-state index in [0.29, 0.717) is 11.8 Å². The Bertz CT molecular complexity index is 604. The molecule has 0 saturated carbocycles. The van der Waals surface area contributed by atoms with Gasteiger partial charge in [-0.15, -0.1) is 0 Å². The lowest BCUT2D eigenvalue weighted by Gasteiger charge is -2.10. The number of nitrogens with one attached hydrogen (secondary N) is 1. The fourth-order valence-electron chi connectivity index (χ4n) is 1.19. The summed E-state index contributed by atoms with van der Waals surface area (Å²) in [5.41, 5.74) is -0.431. The van der Waals surface area contributed by atoms with E-state index in [2.05, 4.69) is 5.32 Å². The van der Waals surface area contributed by atoms with Crippen LogP contribution >= 0.6 is 11.8 Å². The number of halogens is 2. The van der Waals surface area contributed by atoms with Crippen LogP contribution in [0.4, 0.5) is 14.5 Å². The minimum Gasteiger partial charge on any atom is -0.344 e. The van der Waals surface area contributed by atoms with Gasteiger partial charge >= 0.3 is 0 Å². The number of rotatable bonds is 4. The topological polar surface area (TPSA) is 83.4 Å². The van der Waals surface area contributed by atoms with Gasteiger partial charge in [0.15, 0.2) is 5.57 Å². The third kappa shape index (κ3) is 3.99. The van der Waals surface area contributed by atoms with E-state index in [4.69, 9.17) is 15.8 Å². The molecule has 0 fully saturated rings. The molecule has 4 nitrogen and oxygen atoms in total. The minimum absolute atomic E-state index is 0.223. The predicted molar refractivity (Wildman–Crippen MR) is 65.8 cm³/mol. The standard InChI is InChI=1S/C12H6F2N4S/c13-12(14)19-11-4-2-1-3-9(11)18-10(7-17)8(5-15)6-16/h1-4,12,18H. The van der Waals surface area contributed by atoms with Gasteiger partial charge in [-0.05, 0) is 12.1 Å². The molecule has 1 aromatic rings. The fourth-order valence-corrected chi connectivity index (χ4v) is 1.78. The molecule has 0 unspecified atom stereocenters. The van der Waals surface area contributed by atoms with Crippen molar-refractivity contribution in [1.29, 1.82) is 15.8 Å². The van der Waals surface area contributed by atoms with Crippen LogP contribution in [0.3, 0.4) is 0 Å². The number of anilines is 1. The van der Waals surface area contributed by atoms with Crippen molar-refractivity contribution >= 4 is 17.4 Å². The van der Waals surface area contributed by atoms with Crippen molar-refractivity contribution in [2.24, 2.45) is 0 Å². The van der Waals surface area contributed by atoms with Crippen LogP contribution in [0.1, 0.15) is 0 Å². The van der Waals surface area contributed by atoms with Crippen LogP contribution in [0, 0.1) is 34.0 Å². The molecule has 0 radical (unpaired) electrons. The van der Waals surface area contributed by atoms with Crippen molar-refractivity contribution in [2.45, 2.75) is 10.7 Å². The number of alkyl halides is 2. The highest BCUT2D eigenvalue weighted by molar-refractivity contribution is 7.99. The summed E-state index contributed by atoms with van der Waals surface area (Å²) in [5, 5.41) is 28.7. The van der Waals surface area contributed by atoms with Gasteiger partial charge < -0.3 is 5.32 Å². The number of nitriles is 3. The molecule has 0 aromatic heterocycles. The second-order valence-electron chi connectivity index (χ2n) is 3.09. The molecule has 0 aliphatic carbocycles. The van der Waals surface area contributed by atoms with Crippen LogP contribution in [0.5, 0.6) is 0 Å². The molecule has 0 atom stereocenters. The number of para-hydroxylation sites is 1. The number of hydrogen-bond acceptors (Lipinski definition) is 5. The Hall–Kier alpha value is -2.56. The van der Waals surface area contributed by atoms with Gasteiger partial charge in [0.25, 0.3) is 5.76 Å². The molecular formula is C12H6F2N4S. The monoisotopic (exact) mass is 276 g/mol. The summed E-state index contributed by atoms with van der Waals surface area (Å²) in [7, 11) is 0. The predicted octanol–water partition coefficient (Wildman–Crippen LogP) is 3.24. The van der Waals surface area contributed by atoms with E-state index in [1.165, 1.54) is 12.1 Å². The maximum Gasteiger partial charge on any atom is 0.288 e. The van der Waals surface area contributed by atoms with Crippen molar-refractivity contribution in [3.8, 4) is 18.2 Å². The Balaban J connectivity index is 3.14. The second kappa shape index (κ2) is 7.00. The fraction of sp³-hybridized carbons (Fsp3) is 0.0833. The highest BCUT2D eigenvalue weighted by atomic mass is 32.2. The van der Waals surface area contributed by atoms with Gasteiger partial charge in [0, 0.05) is 4.90 Å². The lowest BCUT2D eigenvalue weighted by atomic mass is 10.2. The van der Waals surface area contributed by atoms with Crippen LogP contribution in [0.2, 0.25) is 0 Å². The van der Waals surface area contributed by atoms with Crippen molar-refractivity contribution in [3.05, 3.63) is 35.5 Å². The molecule has 0 heterocycles. The minimum atomic E-state index is -2.61. The van der Waals surface area contributed by atoms with E-state index in [0.717, 1.165) is 0 Å². The quantitative estimate of drug-likeness (QED) is 0.674. The van der Waals surface area contributed by atoms with Crippen LogP contribution in [-0.2, 0) is 0 Å². The Labute approximate surface area is 112 Å². The third-order valence-corrected chi connectivity index (χ3v) is 2.74. The summed E-state index contributed by atoms with van der Waals surface area (Å²) in [5.74, 6) is -2.61. The molecule has 0 saturated heterocycles. The second-order valence-corrected chi connectivity index (χ2v) is 4.12. The Morgan fingerprint density at radius 3 is 2.26 bits per heavy atom. The Kier molecular flexibility index (Phi) is 5.35. The number of hydrogen-bond donors (Lipinski definition) is 1. The summed E-state index contributed by atoms with van der Waals surface area (Å²) < 4.78 is 24.7. The molecular weight excluding hydrogens is 270 g/mol. The molecule has 1 aromatic carbocycles. The summed E-state index contributed by atoms with van der Waals surface area (Å²) >= 11 is 0.311. The first-order chi connectivity index (χ1) is 9.12. The van der Waals surface area contributed by atoms with Gasteiger partial charge in [0.1, 0.15) is 23.9 Å². The first kappa shape index (κ1) is 14.5. The zero-order valence-electron chi connectivity index (χ0n) is 9.39. The molecule has 0 bridgehead atoms. The molecule has 94 valence electrons. The maximum atomic E-state index is 12.4. The summed E-state index contributed by atoms with van der Waals surface area (Å²) in [6, 6.07) is 10.9. The highest BCUT2D eigenvalue weighted by Gasteiger charge is 2.12. The van der Waals surface area contributed by atoms with Crippen LogP contribution in [0.25, 0.3) is 0 Å². The van der Waals surface area contributed by atoms with Crippen molar-refractivity contribution < 1.29 is 8.78 Å². The molecule has 1 N–H and O–H groups in total. The van der Waals surface area contributed by atoms with Crippen LogP contribution in [-0.4, -0.2) is 5.76 Å². The number of benzene rings is 1. The first-order valence-corrected chi connectivity index (χ1v) is 5.75. The van der Waals surface area contributed by atoms with E-state index >= 15 is 0 Å². The van der Waals surface area contributed by atoms with E-state index in [-0.39, 0.29) is 16.3 Å². The van der Waals surface area contributed by atoms with Crippen LogP contribution in [0.15, 0.2) is 40.4 Å². The van der Waals surface area contributed by atoms with Gasteiger partial charge in [-0.2, -0.15) is 24.6 Å². The van der Waals surface area contributed by atoms with Gasteiger partial charge in [-0.1, -0.05) is 23.9 Å². The van der Waals surface area contributed by atoms with Crippen molar-refractivity contribution in [3.63, 3.8) is 0 Å². The Morgan fingerprint density at radius 1 is 1.11 bits per heavy atom. The average Bonchev–Trinajstić information content (AvgIpc) is 2.40. The van der Waals surface area contributed by atoms with Gasteiger partial charge in [0.05, 0.1) is 5.69 Å². The Morgan fingerprint density at radius 2 is 1.74 bits per heavy atom. The molecule has 19 heavy (non-hydrogen) atoms. The smallest absolute Gasteiger partial charge is 0.288 e. The number of allylic oxidation sites excluding steroid dienone is 2. The largest absolute Gasteiger partial charge is 0.344 e. The molecule has 0 aliphatic rings. The van der Waals surface area contributed by atoms with E-state index in [1.807, 2.05) is 0 Å². The summed E-state index contributed by atoms with van der Waals surface area (Å²) in [6.07, 6.45) is 0. The highest BCUT2D eigenvalue weighted by Crippen LogP contribution is 2.32. The van der Waals surface area contributed by atoms with Crippen LogP contribution < -0.4 is 5.32 Å². The van der Waals surface area contributed by atoms with Gasteiger partial charge in [0.2, 0.25) is 0 Å². The number of nitrogens with zero attached hydrogens (tertiary/aromatic N) is 3. The van der Waals surface area contributed by atoms with Crippen molar-refractivity contribution in [2.75, 3.05) is 5.32 Å². The zero-order valence-corrected chi connectivity index (χ0v) is 10.2. The zero-order chi connectivity index (χ0) is 14.3. The molecule has 0 amide bonds. The first-order valence-electron chi connectivity index (χ1n) is 4.87. The lowest BCUT2D eigenvalue weighted by molar-refractivity contribution is 0.252. The van der Waals surface area contributed by atoms with E-state index in [9.17, 15) is 8.78 Å². The molecule has 7 heteroatoms. The van der Waals surface area contributed by atoms with E-state index in [1.54, 1.807) is 30.3 Å². The molecule has 0 spiro atoms. The summed E-state index contributed by atoms with van der Waals surface area (Å²) in [4.78, 5) is 0.223. The summed E-state index contributed by atoms with van der Waals surface area (Å²) in [6.45, 7) is 0. The van der Waals surface area contributed by atoms with Crippen molar-refractivity contribution in [1.82, 2.24) is 0 Å². The SMILES string of the molecule is N#CC(C#N)=C(C#N)Nc1ccccc1SC(F)F. The molecule has 1 rings (SSSR count). The lowest BCUT2D eigenvalue weighted by Crippen LogP contribution is -2.02. The van der Waals surface area contributed by atoms with E-state index < -0.39 is 11.3 Å².